The predicted molar refractivity (Wildman–Crippen MR) is 44.5 cm³/mol. The van der Waals surface area contributed by atoms with Gasteiger partial charge in [0.2, 0.25) is 0 Å². The summed E-state index contributed by atoms with van der Waals surface area (Å²) in [5.74, 6) is 0. The molecule has 1 saturated heterocycles. The zero-order valence-electron chi connectivity index (χ0n) is 7.17. The molecule has 1 radical (unpaired) electrons. The van der Waals surface area contributed by atoms with Gasteiger partial charge in [0.05, 0.1) is 7.11 Å². The lowest BCUT2D eigenvalue weighted by atomic mass is 10.1. The van der Waals surface area contributed by atoms with E-state index in [0.717, 1.165) is 18.4 Å². The van der Waals surface area contributed by atoms with Crippen LogP contribution < -0.4 is 0 Å². The van der Waals surface area contributed by atoms with Crippen LogP contribution in [0.2, 0.25) is 0 Å². The molecule has 1 amide bonds. The molecule has 0 N–H and O–H groups in total. The second-order valence-corrected chi connectivity index (χ2v) is 2.70. The molecule has 3 nitrogen and oxygen atoms in total. The fraction of sp³-hybridized carbons (Fsp3) is 0.556. The van der Waals surface area contributed by atoms with Crippen molar-refractivity contribution >= 4 is 6.09 Å². The topological polar surface area (TPSA) is 29.5 Å². The Hall–Kier alpha value is -1.21. The number of piperidine rings is 1. The Bertz CT molecular complexity index is 219. The van der Waals surface area contributed by atoms with E-state index in [4.69, 9.17) is 6.58 Å². The average Bonchev–Trinajstić information content (AvgIpc) is 2.17. The fourth-order valence-electron chi connectivity index (χ4n) is 1.23. The first kappa shape index (κ1) is 8.88. The maximum atomic E-state index is 11.0. The highest BCUT2D eigenvalue weighted by Crippen LogP contribution is 2.14. The third kappa shape index (κ3) is 1.89. The zero-order valence-corrected chi connectivity index (χ0v) is 7.17. The number of carbonyl (C=O) groups is 1. The first-order valence-electron chi connectivity index (χ1n) is 3.92. The van der Waals surface area contributed by atoms with Crippen LogP contribution in [-0.2, 0) is 4.74 Å². The van der Waals surface area contributed by atoms with Crippen molar-refractivity contribution in [2.75, 3.05) is 20.2 Å². The predicted octanol–water partition coefficient (Wildman–Crippen LogP) is 1.36. The number of carbonyl (C=O) groups excluding carboxylic acids is 1. The maximum Gasteiger partial charge on any atom is 0.409 e. The maximum absolute atomic E-state index is 11.0. The summed E-state index contributed by atoms with van der Waals surface area (Å²) in [4.78, 5) is 12.7. The summed E-state index contributed by atoms with van der Waals surface area (Å²) in [7, 11) is 1.39. The van der Waals surface area contributed by atoms with Crippen molar-refractivity contribution in [2.24, 2.45) is 0 Å². The number of likely N-dealkylation sites (tertiary alicyclic amines) is 1. The van der Waals surface area contributed by atoms with E-state index in [0.29, 0.717) is 13.1 Å². The van der Waals surface area contributed by atoms with Crippen LogP contribution in [0, 0.1) is 6.58 Å². The zero-order chi connectivity index (χ0) is 8.97. The quantitative estimate of drug-likeness (QED) is 0.508. The van der Waals surface area contributed by atoms with Gasteiger partial charge in [-0.25, -0.2) is 4.79 Å². The van der Waals surface area contributed by atoms with Crippen LogP contribution in [0.4, 0.5) is 4.79 Å². The van der Waals surface area contributed by atoms with Gasteiger partial charge in [-0.1, -0.05) is 0 Å². The summed E-state index contributed by atoms with van der Waals surface area (Å²) in [5.41, 5.74) is 3.71. The van der Waals surface area contributed by atoms with Crippen molar-refractivity contribution in [3.63, 3.8) is 0 Å². The molecule has 0 aliphatic carbocycles. The minimum atomic E-state index is -0.258. The Morgan fingerprint density at radius 3 is 2.58 bits per heavy atom. The van der Waals surface area contributed by atoms with E-state index in [1.165, 1.54) is 7.11 Å². The smallest absolute Gasteiger partial charge is 0.409 e. The lowest BCUT2D eigenvalue weighted by molar-refractivity contribution is 0.120. The number of amides is 1. The van der Waals surface area contributed by atoms with E-state index in [1.807, 2.05) is 0 Å². The van der Waals surface area contributed by atoms with Crippen LogP contribution in [0.15, 0.2) is 11.3 Å². The molecule has 0 atom stereocenters. The highest BCUT2D eigenvalue weighted by molar-refractivity contribution is 5.67. The van der Waals surface area contributed by atoms with E-state index >= 15 is 0 Å². The fourth-order valence-corrected chi connectivity index (χ4v) is 1.23. The SMILES string of the molecule is [CH]=C=C1CCN(C(=O)OC)CC1. The first-order chi connectivity index (χ1) is 5.77. The second-order valence-electron chi connectivity index (χ2n) is 2.70. The molecular weight excluding hydrogens is 154 g/mol. The highest BCUT2D eigenvalue weighted by atomic mass is 16.5. The molecule has 0 unspecified atom stereocenters. The van der Waals surface area contributed by atoms with Gasteiger partial charge >= 0.3 is 6.09 Å². The van der Waals surface area contributed by atoms with E-state index in [-0.39, 0.29) is 6.09 Å². The Morgan fingerprint density at radius 2 is 2.17 bits per heavy atom. The van der Waals surface area contributed by atoms with Gasteiger partial charge in [-0.15, -0.1) is 5.73 Å². The Kier molecular flexibility index (Phi) is 2.94. The van der Waals surface area contributed by atoms with E-state index in [2.05, 4.69) is 10.5 Å². The van der Waals surface area contributed by atoms with Crippen LogP contribution in [-0.4, -0.2) is 31.2 Å². The molecule has 3 heteroatoms. The van der Waals surface area contributed by atoms with Gasteiger partial charge in [-0.3, -0.25) is 0 Å². The molecular formula is C9H12NO2. The number of nitrogens with zero attached hydrogens (tertiary/aromatic N) is 1. The molecule has 1 fully saturated rings. The standard InChI is InChI=1S/C9H12NO2/c1-3-8-4-6-10(7-5-8)9(11)12-2/h1H,4-7H2,2H3. The Labute approximate surface area is 72.3 Å². The molecule has 0 aromatic heterocycles. The van der Waals surface area contributed by atoms with Gasteiger partial charge < -0.3 is 9.64 Å². The molecule has 0 bridgehead atoms. The third-order valence-corrected chi connectivity index (χ3v) is 2.00. The molecule has 0 spiro atoms. The van der Waals surface area contributed by atoms with E-state index < -0.39 is 0 Å². The van der Waals surface area contributed by atoms with E-state index in [1.54, 1.807) is 4.90 Å². The monoisotopic (exact) mass is 166 g/mol. The summed E-state index contributed by atoms with van der Waals surface area (Å²) in [6.07, 6.45) is 1.36. The number of rotatable bonds is 0. The third-order valence-electron chi connectivity index (χ3n) is 2.00. The van der Waals surface area contributed by atoms with Gasteiger partial charge in [0.25, 0.3) is 0 Å². The molecule has 1 rings (SSSR count). The number of methoxy groups -OCH3 is 1. The van der Waals surface area contributed by atoms with E-state index in [9.17, 15) is 4.79 Å². The summed E-state index contributed by atoms with van der Waals surface area (Å²) in [5, 5.41) is 0. The van der Waals surface area contributed by atoms with Crippen molar-refractivity contribution in [1.82, 2.24) is 4.90 Å². The van der Waals surface area contributed by atoms with Crippen molar-refractivity contribution in [3.05, 3.63) is 17.9 Å². The number of hydrogen-bond acceptors (Lipinski definition) is 2. The van der Waals surface area contributed by atoms with Crippen LogP contribution >= 0.6 is 0 Å². The van der Waals surface area contributed by atoms with Gasteiger partial charge in [0.15, 0.2) is 0 Å². The summed E-state index contributed by atoms with van der Waals surface area (Å²) < 4.78 is 4.58. The van der Waals surface area contributed by atoms with Gasteiger partial charge in [0.1, 0.15) is 0 Å². The van der Waals surface area contributed by atoms with Crippen molar-refractivity contribution in [2.45, 2.75) is 12.8 Å². The van der Waals surface area contributed by atoms with Crippen molar-refractivity contribution in [1.29, 1.82) is 0 Å². The summed E-state index contributed by atoms with van der Waals surface area (Å²) in [6.45, 7) is 6.61. The minimum Gasteiger partial charge on any atom is -0.453 e. The lowest BCUT2D eigenvalue weighted by Gasteiger charge is -2.25. The molecule has 65 valence electrons. The lowest BCUT2D eigenvalue weighted by Crippen LogP contribution is -2.36. The van der Waals surface area contributed by atoms with Gasteiger partial charge in [-0.05, 0) is 25.0 Å². The van der Waals surface area contributed by atoms with Gasteiger partial charge in [0, 0.05) is 13.1 Å². The Balaban J connectivity index is 2.46. The van der Waals surface area contributed by atoms with Gasteiger partial charge in [-0.2, -0.15) is 0 Å². The van der Waals surface area contributed by atoms with Crippen molar-refractivity contribution < 1.29 is 9.53 Å². The molecule has 1 aliphatic rings. The van der Waals surface area contributed by atoms with Crippen LogP contribution in [0.3, 0.4) is 0 Å². The first-order valence-corrected chi connectivity index (χ1v) is 3.92. The molecule has 0 aromatic rings. The normalized spacial score (nSPS) is 17.1. The molecule has 1 aliphatic heterocycles. The number of hydrogen-bond donors (Lipinski definition) is 0. The van der Waals surface area contributed by atoms with Crippen LogP contribution in [0.5, 0.6) is 0 Å². The van der Waals surface area contributed by atoms with Crippen molar-refractivity contribution in [3.8, 4) is 0 Å². The molecule has 1 heterocycles. The molecule has 0 aromatic carbocycles. The largest absolute Gasteiger partial charge is 0.453 e. The molecule has 12 heavy (non-hydrogen) atoms. The van der Waals surface area contributed by atoms with Crippen LogP contribution in [0.25, 0.3) is 0 Å². The average molecular weight is 166 g/mol. The molecule has 0 saturated carbocycles. The Morgan fingerprint density at radius 1 is 1.58 bits per heavy atom. The van der Waals surface area contributed by atoms with Crippen LogP contribution in [0.1, 0.15) is 12.8 Å². The summed E-state index contributed by atoms with van der Waals surface area (Å²) >= 11 is 0. The summed E-state index contributed by atoms with van der Waals surface area (Å²) in [6, 6.07) is 0. The highest BCUT2D eigenvalue weighted by Gasteiger charge is 2.18. The minimum absolute atomic E-state index is 0.258. The number of ether oxygens (including phenoxy) is 1. The second kappa shape index (κ2) is 3.98.